The molecule has 0 saturated carbocycles. The maximum Gasteiger partial charge on any atom is 0.227 e. The number of carbonyl (C=O) groups excluding carboxylic acids is 2. The van der Waals surface area contributed by atoms with Crippen LogP contribution < -0.4 is 10.2 Å². The van der Waals surface area contributed by atoms with Gasteiger partial charge in [0, 0.05) is 60.9 Å². The van der Waals surface area contributed by atoms with Crippen molar-refractivity contribution in [2.24, 2.45) is 0 Å². The Bertz CT molecular complexity index is 3430. The number of aryl methyl sites for hydroxylation is 5. The predicted octanol–water partition coefficient (Wildman–Crippen LogP) is 7.81. The number of aromatic nitrogens is 6. The Morgan fingerprint density at radius 3 is 1.64 bits per heavy atom. The van der Waals surface area contributed by atoms with Gasteiger partial charge in [-0.2, -0.15) is 0 Å². The fourth-order valence-corrected chi connectivity index (χ4v) is 12.8. The van der Waals surface area contributed by atoms with Crippen molar-refractivity contribution >= 4 is 71.2 Å². The molecule has 4 aliphatic heterocycles. The zero-order valence-corrected chi connectivity index (χ0v) is 42.5. The van der Waals surface area contributed by atoms with Gasteiger partial charge in [-0.3, -0.25) is 9.59 Å². The molecule has 2 amide bonds. The molecule has 1 N–H and O–H groups in total. The minimum atomic E-state index is -3.33. The number of sulfonamides is 2. The van der Waals surface area contributed by atoms with E-state index in [1.54, 1.807) is 4.90 Å². The number of imidazole rings is 2. The molecule has 0 bridgehead atoms. The molecule has 70 heavy (non-hydrogen) atoms. The first-order valence-electron chi connectivity index (χ1n) is 23.4. The van der Waals surface area contributed by atoms with Crippen molar-refractivity contribution in [3.63, 3.8) is 0 Å². The maximum absolute atomic E-state index is 13.2. The number of nitrogens with zero attached hydrogens (tertiary/aromatic N) is 9. The van der Waals surface area contributed by atoms with Crippen LogP contribution in [0.25, 0.3) is 44.3 Å². The lowest BCUT2D eigenvalue weighted by atomic mass is 10.0. The lowest BCUT2D eigenvalue weighted by Crippen LogP contribution is -2.31. The first-order chi connectivity index (χ1) is 33.2. The van der Waals surface area contributed by atoms with E-state index in [9.17, 15) is 26.4 Å². The Hall–Kier alpha value is -5.93. The molecule has 11 rings (SSSR count). The number of fused-ring (bicyclic) bond motifs is 2. The van der Waals surface area contributed by atoms with Crippen molar-refractivity contribution in [1.29, 1.82) is 0 Å². The van der Waals surface area contributed by atoms with Gasteiger partial charge < -0.3 is 28.4 Å². The third kappa shape index (κ3) is 8.71. The zero-order valence-electron chi connectivity index (χ0n) is 40.1. The number of benzene rings is 3. The normalized spacial score (nSPS) is 21.4. The van der Waals surface area contributed by atoms with Crippen molar-refractivity contribution in [1.82, 2.24) is 43.3 Å². The summed E-state index contributed by atoms with van der Waals surface area (Å²) in [7, 11) is -6.58. The van der Waals surface area contributed by atoms with Crippen molar-refractivity contribution < 1.29 is 35.5 Å². The average Bonchev–Trinajstić information content (AvgIpc) is 4.17. The summed E-state index contributed by atoms with van der Waals surface area (Å²) >= 11 is 6.45. The summed E-state index contributed by atoms with van der Waals surface area (Å²) in [6.07, 6.45) is 6.01. The predicted molar refractivity (Wildman–Crippen MR) is 265 cm³/mol. The van der Waals surface area contributed by atoms with E-state index in [2.05, 4.69) is 24.8 Å². The Balaban J connectivity index is 0.000000166. The third-order valence-corrected chi connectivity index (χ3v) is 17.2. The van der Waals surface area contributed by atoms with Gasteiger partial charge in [0.05, 0.1) is 70.1 Å². The number of carbonyl (C=O) groups is 2. The molecule has 0 aliphatic carbocycles. The van der Waals surface area contributed by atoms with Gasteiger partial charge in [0.25, 0.3) is 0 Å². The van der Waals surface area contributed by atoms with Crippen molar-refractivity contribution in [3.05, 3.63) is 99.7 Å². The molecule has 4 saturated heterocycles. The van der Waals surface area contributed by atoms with Crippen LogP contribution in [-0.4, -0.2) is 105 Å². The van der Waals surface area contributed by atoms with Crippen LogP contribution in [0.4, 0.5) is 5.69 Å². The maximum atomic E-state index is 13.2. The fraction of sp³-hybridized carbons (Fsp3) is 0.429. The largest absolute Gasteiger partial charge is 0.361 e. The molecule has 3 aromatic carbocycles. The monoisotopic (exact) mass is 1010 g/mol. The van der Waals surface area contributed by atoms with E-state index in [1.807, 2.05) is 89.2 Å². The molecule has 4 atom stereocenters. The van der Waals surface area contributed by atoms with Crippen LogP contribution in [0.2, 0.25) is 5.02 Å². The SMILES string of the molecule is Cc1ccc(N2C(=O)CC[C@H]2c2nc3cc(-c4c(C)noc4C)ccc3n2[C@@H]2CCN(S(C)(=O)=O)C2)cc1Cl.Cc1noc(C)c1-c1ccc2c(c1)nc([C@@H]1CCC(=O)N1)n2[C@@H]1CCN(S(C)(=O)=O)C1. The number of amides is 2. The Labute approximate surface area is 411 Å². The van der Waals surface area contributed by atoms with E-state index >= 15 is 0 Å². The summed E-state index contributed by atoms with van der Waals surface area (Å²) in [6.45, 7) is 11.2. The summed E-state index contributed by atoms with van der Waals surface area (Å²) < 4.78 is 66.9. The third-order valence-electron chi connectivity index (χ3n) is 14.2. The van der Waals surface area contributed by atoms with Gasteiger partial charge in [0.15, 0.2) is 0 Å². The highest BCUT2D eigenvalue weighted by molar-refractivity contribution is 7.88. The standard InChI is InChI=1S/C28H30ClN5O4S.C21H25N5O4S/c1-16-5-7-20(14-22(16)29)33-25(9-10-26(33)35)28-30-23-13-19(27-17(2)31-38-18(27)3)6-8-24(23)34(28)21-11-12-32(15-21)39(4,36)37;1-12-20(13(2)30-24-12)14-4-6-18-17(10-14)23-21(16-5-7-19(27)22-16)26(18)15-8-9-25(11-15)31(3,28)29/h5-8,13-14,21,25H,9-12,15H2,1-4H3;4,6,10,15-16H,5,7-9,11H2,1-3H3,(H,22,27)/t21-,25+;15-,16+/m11/s1. The van der Waals surface area contributed by atoms with Crippen LogP contribution in [-0.2, 0) is 29.6 Å². The molecule has 21 heteroatoms. The average molecular weight is 1010 g/mol. The second-order valence-electron chi connectivity index (χ2n) is 19.0. The van der Waals surface area contributed by atoms with E-state index in [0.717, 1.165) is 90.1 Å². The van der Waals surface area contributed by atoms with Crippen LogP contribution in [0, 0.1) is 34.6 Å². The molecule has 8 heterocycles. The highest BCUT2D eigenvalue weighted by Gasteiger charge is 2.40. The topological polar surface area (TPSA) is 212 Å². The molecule has 4 aromatic heterocycles. The molecule has 0 spiro atoms. The highest BCUT2D eigenvalue weighted by atomic mass is 35.5. The molecule has 0 unspecified atom stereocenters. The molecule has 4 fully saturated rings. The summed E-state index contributed by atoms with van der Waals surface area (Å²) in [5.41, 5.74) is 10.5. The second-order valence-corrected chi connectivity index (χ2v) is 23.4. The summed E-state index contributed by atoms with van der Waals surface area (Å²) in [5, 5.41) is 11.8. The summed E-state index contributed by atoms with van der Waals surface area (Å²) in [6, 6.07) is 17.2. The molecular formula is C49H55ClN10O8S2. The lowest BCUT2D eigenvalue weighted by molar-refractivity contribution is -0.119. The number of anilines is 1. The fourth-order valence-electron chi connectivity index (χ4n) is 10.8. The summed E-state index contributed by atoms with van der Waals surface area (Å²) in [4.78, 5) is 36.9. The van der Waals surface area contributed by atoms with Gasteiger partial charge in [-0.25, -0.2) is 35.4 Å². The molecule has 4 aliphatic rings. The highest BCUT2D eigenvalue weighted by Crippen LogP contribution is 2.43. The van der Waals surface area contributed by atoms with Crippen LogP contribution in [0.5, 0.6) is 0 Å². The number of halogens is 1. The molecule has 0 radical (unpaired) electrons. The quantitative estimate of drug-likeness (QED) is 0.147. The van der Waals surface area contributed by atoms with E-state index < -0.39 is 20.0 Å². The molecular weight excluding hydrogens is 956 g/mol. The number of rotatable bonds is 9. The molecule has 7 aromatic rings. The van der Waals surface area contributed by atoms with E-state index in [-0.39, 0.29) is 36.0 Å². The Kier molecular flexibility index (Phi) is 12.3. The number of hydrogen-bond acceptors (Lipinski definition) is 12. The van der Waals surface area contributed by atoms with Crippen molar-refractivity contribution in [3.8, 4) is 22.3 Å². The van der Waals surface area contributed by atoms with Crippen LogP contribution in [0.1, 0.15) is 103 Å². The molecule has 368 valence electrons. The smallest absolute Gasteiger partial charge is 0.227 e. The van der Waals surface area contributed by atoms with E-state index in [0.29, 0.717) is 69.7 Å². The zero-order chi connectivity index (χ0) is 49.6. The number of hydrogen-bond donors (Lipinski definition) is 1. The van der Waals surface area contributed by atoms with E-state index in [4.69, 9.17) is 30.6 Å². The first-order valence-corrected chi connectivity index (χ1v) is 27.5. The first kappa shape index (κ1) is 47.7. The van der Waals surface area contributed by atoms with Gasteiger partial charge in [-0.15, -0.1) is 0 Å². The summed E-state index contributed by atoms with van der Waals surface area (Å²) in [5.74, 6) is 3.05. The minimum absolute atomic E-state index is 0.0131. The van der Waals surface area contributed by atoms with E-state index in [1.165, 1.54) is 21.1 Å². The number of nitrogens with one attached hydrogen (secondary N) is 1. The molecule has 18 nitrogen and oxygen atoms in total. The van der Waals surface area contributed by atoms with Gasteiger partial charge in [-0.1, -0.05) is 40.1 Å². The van der Waals surface area contributed by atoms with Crippen LogP contribution in [0.15, 0.2) is 63.6 Å². The second kappa shape index (κ2) is 18.0. The van der Waals surface area contributed by atoms with Gasteiger partial charge in [-0.05, 0) is 113 Å². The van der Waals surface area contributed by atoms with Gasteiger partial charge >= 0.3 is 0 Å². The van der Waals surface area contributed by atoms with Crippen molar-refractivity contribution in [2.75, 3.05) is 43.6 Å². The van der Waals surface area contributed by atoms with Crippen molar-refractivity contribution in [2.45, 2.75) is 97.3 Å². The Morgan fingerprint density at radius 2 is 1.19 bits per heavy atom. The lowest BCUT2D eigenvalue weighted by Gasteiger charge is -2.27. The minimum Gasteiger partial charge on any atom is -0.361 e. The van der Waals surface area contributed by atoms with Crippen LogP contribution >= 0.6 is 11.6 Å². The van der Waals surface area contributed by atoms with Gasteiger partial charge in [0.1, 0.15) is 23.2 Å². The Morgan fingerprint density at radius 1 is 0.657 bits per heavy atom. The van der Waals surface area contributed by atoms with Crippen LogP contribution in [0.3, 0.4) is 0 Å². The van der Waals surface area contributed by atoms with Gasteiger partial charge in [0.2, 0.25) is 31.9 Å².